The quantitative estimate of drug-likeness (QED) is 0.457. The molecule has 0 aliphatic carbocycles. The van der Waals surface area contributed by atoms with E-state index in [1.165, 1.54) is 17.4 Å². The van der Waals surface area contributed by atoms with E-state index >= 15 is 0 Å². The van der Waals surface area contributed by atoms with Crippen molar-refractivity contribution in [2.24, 2.45) is 0 Å². The van der Waals surface area contributed by atoms with Crippen LogP contribution in [0.25, 0.3) is 6.08 Å². The molecule has 0 aliphatic heterocycles. The van der Waals surface area contributed by atoms with Crippen molar-refractivity contribution >= 4 is 52.4 Å². The Labute approximate surface area is 135 Å². The minimum Gasteiger partial charge on any atom is -0.454 e. The molecule has 0 amide bonds. The van der Waals surface area contributed by atoms with Gasteiger partial charge in [-0.25, -0.2) is 4.79 Å². The lowest BCUT2D eigenvalue weighted by Crippen LogP contribution is -2.11. The first kappa shape index (κ1) is 15.8. The third kappa shape index (κ3) is 4.70. The second-order valence-corrected chi connectivity index (χ2v) is 5.78. The predicted octanol–water partition coefficient (Wildman–Crippen LogP) is 4.49. The molecule has 0 fully saturated rings. The predicted molar refractivity (Wildman–Crippen MR) is 85.1 cm³/mol. The first-order chi connectivity index (χ1) is 10.1. The maximum absolute atomic E-state index is 11.6. The summed E-state index contributed by atoms with van der Waals surface area (Å²) in [4.78, 5) is 23.7. The maximum atomic E-state index is 11.6. The Morgan fingerprint density at radius 1 is 1.19 bits per heavy atom. The first-order valence-corrected chi connectivity index (χ1v) is 7.56. The van der Waals surface area contributed by atoms with Crippen molar-refractivity contribution in [2.45, 2.75) is 0 Å². The highest BCUT2D eigenvalue weighted by Gasteiger charge is 2.08. The van der Waals surface area contributed by atoms with Crippen molar-refractivity contribution in [1.82, 2.24) is 0 Å². The van der Waals surface area contributed by atoms with Crippen molar-refractivity contribution in [3.8, 4) is 0 Å². The van der Waals surface area contributed by atoms with Crippen molar-refractivity contribution in [3.63, 3.8) is 0 Å². The number of esters is 1. The van der Waals surface area contributed by atoms with Gasteiger partial charge in [0.2, 0.25) is 5.78 Å². The van der Waals surface area contributed by atoms with E-state index in [1.54, 1.807) is 41.8 Å². The van der Waals surface area contributed by atoms with E-state index in [2.05, 4.69) is 0 Å². The third-order valence-corrected chi connectivity index (χ3v) is 4.15. The molecule has 2 rings (SSSR count). The minimum atomic E-state index is -0.592. The molecule has 1 aromatic heterocycles. The second kappa shape index (κ2) is 7.41. The molecule has 0 N–H and O–H groups in total. The normalized spacial score (nSPS) is 10.8. The number of rotatable bonds is 5. The maximum Gasteiger partial charge on any atom is 0.331 e. The number of ether oxygens (including phenoxy) is 1. The molecule has 3 nitrogen and oxygen atoms in total. The summed E-state index contributed by atoms with van der Waals surface area (Å²) in [5.41, 5.74) is 0.714. The van der Waals surface area contributed by atoms with Crippen LogP contribution in [-0.4, -0.2) is 18.4 Å². The molecule has 0 saturated carbocycles. The van der Waals surface area contributed by atoms with Crippen LogP contribution < -0.4 is 0 Å². The number of thiophene rings is 1. The second-order valence-electron chi connectivity index (χ2n) is 4.02. The molecule has 1 heterocycles. The van der Waals surface area contributed by atoms with Crippen LogP contribution in [-0.2, 0) is 9.53 Å². The summed E-state index contributed by atoms with van der Waals surface area (Å²) in [6, 6.07) is 8.44. The zero-order valence-corrected chi connectivity index (χ0v) is 13.0. The number of carbonyl (C=O) groups excluding carboxylic acids is 2. The number of Topliss-reactive ketones (excluding diaryl/α,β-unsaturated/α-hetero) is 1. The molecular weight excluding hydrogens is 331 g/mol. The summed E-state index contributed by atoms with van der Waals surface area (Å²) in [5, 5.41) is 2.64. The fourth-order valence-corrected chi connectivity index (χ4v) is 2.43. The van der Waals surface area contributed by atoms with E-state index in [-0.39, 0.29) is 12.4 Å². The smallest absolute Gasteiger partial charge is 0.331 e. The third-order valence-electron chi connectivity index (χ3n) is 2.50. The fraction of sp³-hybridized carbons (Fsp3) is 0.0667. The minimum absolute atomic E-state index is 0.221. The van der Waals surface area contributed by atoms with Gasteiger partial charge in [-0.2, -0.15) is 0 Å². The molecule has 2 aromatic rings. The lowest BCUT2D eigenvalue weighted by atomic mass is 10.2. The van der Waals surface area contributed by atoms with Gasteiger partial charge in [0.15, 0.2) is 6.61 Å². The molecule has 0 saturated heterocycles. The summed E-state index contributed by atoms with van der Waals surface area (Å²) >= 11 is 13.0. The van der Waals surface area contributed by atoms with Gasteiger partial charge < -0.3 is 4.74 Å². The molecular formula is C15H10Cl2O3S. The molecule has 0 spiro atoms. The average molecular weight is 341 g/mol. The molecule has 1 aromatic carbocycles. The summed E-state index contributed by atoms with van der Waals surface area (Å²) in [6.45, 7) is -0.273. The highest BCUT2D eigenvalue weighted by molar-refractivity contribution is 7.12. The van der Waals surface area contributed by atoms with Crippen LogP contribution in [0, 0.1) is 0 Å². The monoisotopic (exact) mass is 340 g/mol. The summed E-state index contributed by atoms with van der Waals surface area (Å²) < 4.78 is 4.88. The van der Waals surface area contributed by atoms with Crippen LogP contribution in [0.5, 0.6) is 0 Å². The van der Waals surface area contributed by atoms with Crippen LogP contribution in [0.2, 0.25) is 10.0 Å². The number of benzene rings is 1. The van der Waals surface area contributed by atoms with Gasteiger partial charge in [0.25, 0.3) is 0 Å². The zero-order valence-electron chi connectivity index (χ0n) is 10.7. The van der Waals surface area contributed by atoms with Gasteiger partial charge in [-0.15, -0.1) is 11.3 Å². The summed E-state index contributed by atoms with van der Waals surface area (Å²) in [7, 11) is 0. The standard InChI is InChI=1S/C15H10Cl2O3S/c16-11-5-3-10(8-12(11)17)4-6-15(19)20-9-13(18)14-2-1-7-21-14/h1-8H,9H2/b6-4+. The number of hydrogen-bond donors (Lipinski definition) is 0. The Kier molecular flexibility index (Phi) is 5.56. The van der Waals surface area contributed by atoms with Crippen LogP contribution in [0.4, 0.5) is 0 Å². The van der Waals surface area contributed by atoms with E-state index in [4.69, 9.17) is 27.9 Å². The molecule has 108 valence electrons. The van der Waals surface area contributed by atoms with Gasteiger partial charge in [-0.1, -0.05) is 35.3 Å². The first-order valence-electron chi connectivity index (χ1n) is 5.93. The van der Waals surface area contributed by atoms with Crippen molar-refractivity contribution in [1.29, 1.82) is 0 Å². The van der Waals surface area contributed by atoms with E-state index in [0.717, 1.165) is 0 Å². The Hall–Kier alpha value is -1.62. The van der Waals surface area contributed by atoms with E-state index < -0.39 is 5.97 Å². The Morgan fingerprint density at radius 2 is 2.00 bits per heavy atom. The molecule has 0 aliphatic rings. The summed E-state index contributed by atoms with van der Waals surface area (Å²) in [6.07, 6.45) is 2.78. The number of ketones is 1. The van der Waals surface area contributed by atoms with Gasteiger partial charge in [0, 0.05) is 6.08 Å². The average Bonchev–Trinajstić information content (AvgIpc) is 3.00. The van der Waals surface area contributed by atoms with Crippen LogP contribution >= 0.6 is 34.5 Å². The summed E-state index contributed by atoms with van der Waals surface area (Å²) in [5.74, 6) is -0.813. The molecule has 0 atom stereocenters. The van der Waals surface area contributed by atoms with Gasteiger partial charge in [0.1, 0.15) is 0 Å². The lowest BCUT2D eigenvalue weighted by Gasteiger charge is -2.00. The molecule has 6 heteroatoms. The Morgan fingerprint density at radius 3 is 2.67 bits per heavy atom. The van der Waals surface area contributed by atoms with E-state index in [1.807, 2.05) is 0 Å². The van der Waals surface area contributed by atoms with Crippen LogP contribution in [0.1, 0.15) is 15.2 Å². The van der Waals surface area contributed by atoms with Crippen molar-refractivity contribution in [2.75, 3.05) is 6.61 Å². The van der Waals surface area contributed by atoms with Gasteiger partial charge in [-0.3, -0.25) is 4.79 Å². The Balaban J connectivity index is 1.88. The SMILES string of the molecule is O=C(/C=C/c1ccc(Cl)c(Cl)c1)OCC(=O)c1cccs1. The van der Waals surface area contributed by atoms with Crippen LogP contribution in [0.3, 0.4) is 0 Å². The fourth-order valence-electron chi connectivity index (χ4n) is 1.47. The number of hydrogen-bond acceptors (Lipinski definition) is 4. The lowest BCUT2D eigenvalue weighted by molar-refractivity contribution is -0.136. The number of carbonyl (C=O) groups is 2. The molecule has 0 bridgehead atoms. The van der Waals surface area contributed by atoms with Crippen molar-refractivity contribution in [3.05, 3.63) is 62.3 Å². The number of halogens is 2. The van der Waals surface area contributed by atoms with Gasteiger partial charge >= 0.3 is 5.97 Å². The van der Waals surface area contributed by atoms with Gasteiger partial charge in [-0.05, 0) is 35.2 Å². The highest BCUT2D eigenvalue weighted by Crippen LogP contribution is 2.23. The van der Waals surface area contributed by atoms with Crippen LogP contribution in [0.15, 0.2) is 41.8 Å². The Bertz CT molecular complexity index is 678. The largest absolute Gasteiger partial charge is 0.454 e. The molecule has 0 radical (unpaired) electrons. The van der Waals surface area contributed by atoms with Gasteiger partial charge in [0.05, 0.1) is 14.9 Å². The van der Waals surface area contributed by atoms with E-state index in [0.29, 0.717) is 20.5 Å². The zero-order chi connectivity index (χ0) is 15.2. The molecule has 21 heavy (non-hydrogen) atoms. The topological polar surface area (TPSA) is 43.4 Å². The van der Waals surface area contributed by atoms with Crippen molar-refractivity contribution < 1.29 is 14.3 Å². The van der Waals surface area contributed by atoms with E-state index in [9.17, 15) is 9.59 Å². The molecule has 0 unspecified atom stereocenters. The highest BCUT2D eigenvalue weighted by atomic mass is 35.5.